The van der Waals surface area contributed by atoms with Crippen molar-refractivity contribution in [2.45, 2.75) is 42.7 Å². The highest BCUT2D eigenvalue weighted by Gasteiger charge is 2.17. The summed E-state index contributed by atoms with van der Waals surface area (Å²) in [5.74, 6) is -0.0773. The van der Waals surface area contributed by atoms with E-state index in [0.717, 1.165) is 27.3 Å². The minimum absolute atomic E-state index is 0.0773. The second-order valence-corrected chi connectivity index (χ2v) is 10.6. The molecule has 5 nitrogen and oxygen atoms in total. The van der Waals surface area contributed by atoms with Crippen LogP contribution in [0.4, 0.5) is 11.4 Å². The Morgan fingerprint density at radius 1 is 0.871 bits per heavy atom. The maximum atomic E-state index is 12.6. The molecule has 0 saturated carbocycles. The first-order valence-electron chi connectivity index (χ1n) is 9.89. The van der Waals surface area contributed by atoms with Gasteiger partial charge in [0.05, 0.1) is 10.1 Å². The van der Waals surface area contributed by atoms with Crippen LogP contribution in [0, 0.1) is 20.8 Å². The number of hydrogen-bond acceptors (Lipinski definition) is 4. The zero-order valence-corrected chi connectivity index (χ0v) is 19.6. The molecule has 0 radical (unpaired) electrons. The molecule has 0 fully saturated rings. The van der Waals surface area contributed by atoms with Crippen LogP contribution in [0.1, 0.15) is 23.6 Å². The first-order valence-corrected chi connectivity index (χ1v) is 12.3. The fraction of sp³-hybridized carbons (Fsp3) is 0.208. The number of rotatable bonds is 7. The molecular formula is C24H26N2O3S2. The summed E-state index contributed by atoms with van der Waals surface area (Å²) in [5.41, 5.74) is 4.36. The van der Waals surface area contributed by atoms with E-state index in [1.807, 2.05) is 45.9 Å². The average Bonchev–Trinajstić information content (AvgIpc) is 2.72. The van der Waals surface area contributed by atoms with Gasteiger partial charge in [-0.1, -0.05) is 35.9 Å². The highest BCUT2D eigenvalue weighted by molar-refractivity contribution is 8.00. The van der Waals surface area contributed by atoms with Gasteiger partial charge in [0, 0.05) is 16.3 Å². The molecule has 0 heterocycles. The highest BCUT2D eigenvalue weighted by Crippen LogP contribution is 2.27. The van der Waals surface area contributed by atoms with Crippen LogP contribution < -0.4 is 10.0 Å². The minimum Gasteiger partial charge on any atom is -0.325 e. The van der Waals surface area contributed by atoms with Crippen molar-refractivity contribution in [3.05, 3.63) is 83.4 Å². The number of amides is 1. The maximum absolute atomic E-state index is 12.6. The number of thioether (sulfide) groups is 1. The maximum Gasteiger partial charge on any atom is 0.261 e. The lowest BCUT2D eigenvalue weighted by Gasteiger charge is -2.15. The minimum atomic E-state index is -3.64. The molecule has 0 saturated heterocycles. The predicted molar refractivity (Wildman–Crippen MR) is 128 cm³/mol. The van der Waals surface area contributed by atoms with Gasteiger partial charge in [0.25, 0.3) is 10.0 Å². The van der Waals surface area contributed by atoms with Crippen molar-refractivity contribution in [3.63, 3.8) is 0 Å². The Hall–Kier alpha value is -2.77. The van der Waals surface area contributed by atoms with Crippen LogP contribution in [-0.2, 0) is 14.8 Å². The molecule has 3 aromatic rings. The van der Waals surface area contributed by atoms with Gasteiger partial charge < -0.3 is 5.32 Å². The standard InChI is InChI=1S/C24H26N2O3S2/c1-16-8-14-22(15-9-16)31(28,29)26-20-10-12-21(13-11-20)30-19(4)24(27)25-23-17(2)6-5-7-18(23)3/h5-15,19,26H,1-4H3,(H,25,27). The molecule has 0 aliphatic rings. The number of hydrogen-bond donors (Lipinski definition) is 2. The lowest BCUT2D eigenvalue weighted by Crippen LogP contribution is -2.23. The Morgan fingerprint density at radius 3 is 2.03 bits per heavy atom. The van der Waals surface area contributed by atoms with Crippen molar-refractivity contribution in [1.82, 2.24) is 0 Å². The highest BCUT2D eigenvalue weighted by atomic mass is 32.2. The molecule has 3 rings (SSSR count). The van der Waals surface area contributed by atoms with E-state index in [1.54, 1.807) is 48.5 Å². The average molecular weight is 455 g/mol. The van der Waals surface area contributed by atoms with E-state index in [4.69, 9.17) is 0 Å². The summed E-state index contributed by atoms with van der Waals surface area (Å²) < 4.78 is 27.6. The molecule has 162 valence electrons. The van der Waals surface area contributed by atoms with Gasteiger partial charge in [-0.15, -0.1) is 11.8 Å². The third-order valence-electron chi connectivity index (χ3n) is 4.85. The molecule has 3 aromatic carbocycles. The van der Waals surface area contributed by atoms with Gasteiger partial charge in [0.2, 0.25) is 5.91 Å². The molecule has 0 aromatic heterocycles. The van der Waals surface area contributed by atoms with Gasteiger partial charge in [-0.05, 0) is 75.2 Å². The summed E-state index contributed by atoms with van der Waals surface area (Å²) in [4.78, 5) is 13.7. The van der Waals surface area contributed by atoms with Crippen molar-refractivity contribution in [1.29, 1.82) is 0 Å². The van der Waals surface area contributed by atoms with Gasteiger partial charge >= 0.3 is 0 Å². The number of aryl methyl sites for hydroxylation is 3. The van der Waals surface area contributed by atoms with Gasteiger partial charge in [0.1, 0.15) is 0 Å². The van der Waals surface area contributed by atoms with Crippen molar-refractivity contribution in [2.24, 2.45) is 0 Å². The summed E-state index contributed by atoms with van der Waals surface area (Å²) in [6.45, 7) is 7.69. The largest absolute Gasteiger partial charge is 0.325 e. The summed E-state index contributed by atoms with van der Waals surface area (Å²) in [6.07, 6.45) is 0. The van der Waals surface area contributed by atoms with Crippen LogP contribution in [0.25, 0.3) is 0 Å². The van der Waals surface area contributed by atoms with Crippen LogP contribution in [0.3, 0.4) is 0 Å². The molecule has 0 aliphatic heterocycles. The van der Waals surface area contributed by atoms with E-state index >= 15 is 0 Å². The lowest BCUT2D eigenvalue weighted by atomic mass is 10.1. The Balaban J connectivity index is 1.63. The Bertz CT molecular complexity index is 1150. The van der Waals surface area contributed by atoms with Crippen molar-refractivity contribution in [2.75, 3.05) is 10.0 Å². The van der Waals surface area contributed by atoms with Gasteiger partial charge in [-0.3, -0.25) is 9.52 Å². The van der Waals surface area contributed by atoms with Crippen LogP contribution >= 0.6 is 11.8 Å². The number of para-hydroxylation sites is 1. The van der Waals surface area contributed by atoms with Crippen LogP contribution in [-0.4, -0.2) is 19.6 Å². The number of carbonyl (C=O) groups excluding carboxylic acids is 1. The number of nitrogens with one attached hydrogen (secondary N) is 2. The predicted octanol–water partition coefficient (Wildman–Crippen LogP) is 5.53. The second kappa shape index (κ2) is 9.58. The third kappa shape index (κ3) is 5.89. The number of carbonyl (C=O) groups is 1. The second-order valence-electron chi connectivity index (χ2n) is 7.46. The van der Waals surface area contributed by atoms with Gasteiger partial charge in [-0.25, -0.2) is 8.42 Å². The summed E-state index contributed by atoms with van der Waals surface area (Å²) in [6, 6.07) is 19.6. The Kier molecular flexibility index (Phi) is 7.08. The van der Waals surface area contributed by atoms with E-state index in [2.05, 4.69) is 10.0 Å². The number of sulfonamides is 1. The van der Waals surface area contributed by atoms with E-state index < -0.39 is 10.0 Å². The molecule has 0 bridgehead atoms. The fourth-order valence-electron chi connectivity index (χ4n) is 3.03. The molecule has 1 atom stereocenters. The van der Waals surface area contributed by atoms with Crippen LogP contribution in [0.15, 0.2) is 76.5 Å². The van der Waals surface area contributed by atoms with E-state index in [9.17, 15) is 13.2 Å². The molecule has 0 aliphatic carbocycles. The molecule has 31 heavy (non-hydrogen) atoms. The zero-order chi connectivity index (χ0) is 22.6. The van der Waals surface area contributed by atoms with Gasteiger partial charge in [-0.2, -0.15) is 0 Å². The van der Waals surface area contributed by atoms with Crippen molar-refractivity contribution < 1.29 is 13.2 Å². The first kappa shape index (κ1) is 22.9. The van der Waals surface area contributed by atoms with Crippen LogP contribution in [0.5, 0.6) is 0 Å². The zero-order valence-electron chi connectivity index (χ0n) is 18.0. The number of anilines is 2. The van der Waals surface area contributed by atoms with E-state index in [0.29, 0.717) is 5.69 Å². The number of benzene rings is 3. The van der Waals surface area contributed by atoms with Gasteiger partial charge in [0.15, 0.2) is 0 Å². The Morgan fingerprint density at radius 2 is 1.45 bits per heavy atom. The van der Waals surface area contributed by atoms with E-state index in [1.165, 1.54) is 11.8 Å². The van der Waals surface area contributed by atoms with E-state index in [-0.39, 0.29) is 16.1 Å². The lowest BCUT2D eigenvalue weighted by molar-refractivity contribution is -0.115. The monoisotopic (exact) mass is 454 g/mol. The summed E-state index contributed by atoms with van der Waals surface area (Å²) in [5, 5.41) is 2.70. The topological polar surface area (TPSA) is 75.3 Å². The normalized spacial score (nSPS) is 12.3. The van der Waals surface area contributed by atoms with Crippen molar-refractivity contribution >= 4 is 39.1 Å². The van der Waals surface area contributed by atoms with Crippen molar-refractivity contribution in [3.8, 4) is 0 Å². The Labute approximate surface area is 188 Å². The quantitative estimate of drug-likeness (QED) is 0.460. The smallest absolute Gasteiger partial charge is 0.261 e. The molecule has 1 unspecified atom stereocenters. The summed E-state index contributed by atoms with van der Waals surface area (Å²) in [7, 11) is -3.64. The molecular weight excluding hydrogens is 428 g/mol. The fourth-order valence-corrected chi connectivity index (χ4v) is 4.95. The SMILES string of the molecule is Cc1ccc(S(=O)(=O)Nc2ccc(SC(C)C(=O)Nc3c(C)cccc3C)cc2)cc1. The molecule has 2 N–H and O–H groups in total. The van der Waals surface area contributed by atoms with Crippen LogP contribution in [0.2, 0.25) is 0 Å². The molecule has 1 amide bonds. The molecule has 0 spiro atoms. The molecule has 7 heteroatoms. The summed E-state index contributed by atoms with van der Waals surface area (Å²) >= 11 is 1.42. The first-order chi connectivity index (χ1) is 14.7. The third-order valence-corrected chi connectivity index (χ3v) is 7.36.